The number of carbonyl (C=O) groups excluding carboxylic acids is 4. The Balaban J connectivity index is 1.76. The van der Waals surface area contributed by atoms with Gasteiger partial charge in [-0.1, -0.05) is 36.4 Å². The van der Waals surface area contributed by atoms with Gasteiger partial charge < -0.3 is 21.1 Å². The van der Waals surface area contributed by atoms with Crippen molar-refractivity contribution in [2.45, 2.75) is 33.2 Å². The molecule has 3 aromatic rings. The van der Waals surface area contributed by atoms with Crippen molar-refractivity contribution in [2.75, 3.05) is 22.1 Å². The second-order valence-corrected chi connectivity index (χ2v) is 9.50. The summed E-state index contributed by atoms with van der Waals surface area (Å²) < 4.78 is 5.09. The second kappa shape index (κ2) is 10.8. The average molecular weight is 527 g/mol. The summed E-state index contributed by atoms with van der Waals surface area (Å²) in [5.41, 5.74) is 8.71. The number of nitrogens with two attached hydrogens (primary N) is 1. The lowest BCUT2D eigenvalue weighted by Gasteiger charge is -2.35. The zero-order valence-electron chi connectivity index (χ0n) is 22.2. The third-order valence-corrected chi connectivity index (χ3v) is 6.46. The standard InChI is InChI=1S/C30H30N4O5/c1-5-39-28(37)20-11-16-23-24(17-20)33-27(36)25(23)26(19-9-7-6-8-10-19)32-21-12-14-22(15-13-21)34(18(2)35)30(3,4)29(31)38/h6-17,32H,5H2,1-4H3,(H2,31,38)(H,33,36). The summed E-state index contributed by atoms with van der Waals surface area (Å²) in [4.78, 5) is 51.2. The van der Waals surface area contributed by atoms with Crippen LogP contribution in [0.1, 0.15) is 49.2 Å². The summed E-state index contributed by atoms with van der Waals surface area (Å²) in [6.45, 7) is 6.53. The molecule has 0 unspecified atom stereocenters. The topological polar surface area (TPSA) is 131 Å². The average Bonchev–Trinajstić information content (AvgIpc) is 3.23. The van der Waals surface area contributed by atoms with Gasteiger partial charge in [-0.25, -0.2) is 4.79 Å². The maximum absolute atomic E-state index is 13.2. The van der Waals surface area contributed by atoms with E-state index in [1.54, 1.807) is 63.2 Å². The zero-order chi connectivity index (χ0) is 28.3. The van der Waals surface area contributed by atoms with Crippen LogP contribution in [0.2, 0.25) is 0 Å². The van der Waals surface area contributed by atoms with Crippen LogP contribution in [0.4, 0.5) is 17.1 Å². The molecule has 0 aromatic heterocycles. The van der Waals surface area contributed by atoms with Crippen molar-refractivity contribution in [1.29, 1.82) is 0 Å². The van der Waals surface area contributed by atoms with Gasteiger partial charge in [-0.15, -0.1) is 0 Å². The molecule has 0 atom stereocenters. The van der Waals surface area contributed by atoms with Gasteiger partial charge in [-0.05, 0) is 62.7 Å². The third-order valence-electron chi connectivity index (χ3n) is 6.46. The molecule has 9 heteroatoms. The minimum Gasteiger partial charge on any atom is -0.462 e. The van der Waals surface area contributed by atoms with Crippen LogP contribution in [0.25, 0.3) is 11.3 Å². The predicted molar refractivity (Wildman–Crippen MR) is 151 cm³/mol. The first kappa shape index (κ1) is 27.1. The lowest BCUT2D eigenvalue weighted by atomic mass is 9.98. The van der Waals surface area contributed by atoms with Crippen molar-refractivity contribution < 1.29 is 23.9 Å². The first-order chi connectivity index (χ1) is 18.5. The number of benzene rings is 3. The molecule has 9 nitrogen and oxygen atoms in total. The van der Waals surface area contributed by atoms with E-state index in [-0.39, 0.29) is 18.4 Å². The fraction of sp³-hybridized carbons (Fsp3) is 0.200. The molecule has 0 fully saturated rings. The summed E-state index contributed by atoms with van der Waals surface area (Å²) in [6.07, 6.45) is 0. The van der Waals surface area contributed by atoms with E-state index >= 15 is 0 Å². The Hall–Kier alpha value is -4.92. The number of nitrogens with zero attached hydrogens (tertiary/aromatic N) is 1. The van der Waals surface area contributed by atoms with Crippen LogP contribution in [-0.2, 0) is 19.1 Å². The number of nitrogens with one attached hydrogen (secondary N) is 2. The number of ether oxygens (including phenoxy) is 1. The Kier molecular flexibility index (Phi) is 7.53. The fourth-order valence-corrected chi connectivity index (χ4v) is 4.49. The largest absolute Gasteiger partial charge is 0.462 e. The Morgan fingerprint density at radius 3 is 2.23 bits per heavy atom. The summed E-state index contributed by atoms with van der Waals surface area (Å²) >= 11 is 0. The van der Waals surface area contributed by atoms with Crippen LogP contribution < -0.4 is 21.3 Å². The van der Waals surface area contributed by atoms with E-state index in [9.17, 15) is 19.2 Å². The number of primary amides is 1. The molecule has 0 bridgehead atoms. The molecule has 3 aromatic carbocycles. The van der Waals surface area contributed by atoms with Gasteiger partial charge in [0.15, 0.2) is 0 Å². The fourth-order valence-electron chi connectivity index (χ4n) is 4.49. The van der Waals surface area contributed by atoms with Crippen molar-refractivity contribution in [1.82, 2.24) is 0 Å². The van der Waals surface area contributed by atoms with Crippen molar-refractivity contribution in [2.24, 2.45) is 5.73 Å². The summed E-state index contributed by atoms with van der Waals surface area (Å²) in [7, 11) is 0. The molecule has 1 aliphatic heterocycles. The number of anilines is 3. The quantitative estimate of drug-likeness (QED) is 0.294. The minimum absolute atomic E-state index is 0.249. The summed E-state index contributed by atoms with van der Waals surface area (Å²) in [5.74, 6) is -1.74. The number of fused-ring (bicyclic) bond motifs is 1. The van der Waals surface area contributed by atoms with Crippen LogP contribution in [0.15, 0.2) is 72.8 Å². The number of esters is 1. The number of rotatable bonds is 8. The number of hydrogen-bond acceptors (Lipinski definition) is 6. The molecule has 39 heavy (non-hydrogen) atoms. The van der Waals surface area contributed by atoms with E-state index in [0.29, 0.717) is 39.5 Å². The summed E-state index contributed by atoms with van der Waals surface area (Å²) in [6, 6.07) is 21.3. The lowest BCUT2D eigenvalue weighted by Crippen LogP contribution is -2.55. The van der Waals surface area contributed by atoms with Crippen LogP contribution in [-0.4, -0.2) is 35.8 Å². The van der Waals surface area contributed by atoms with Crippen molar-refractivity contribution >= 4 is 52.0 Å². The van der Waals surface area contributed by atoms with E-state index in [4.69, 9.17) is 10.5 Å². The number of carbonyl (C=O) groups is 4. The summed E-state index contributed by atoms with van der Waals surface area (Å²) in [5, 5.41) is 6.21. The SMILES string of the molecule is CCOC(=O)c1ccc2c(c1)NC(=O)C2=C(Nc1ccc(N(C(C)=O)C(C)(C)C(N)=O)cc1)c1ccccc1. The normalized spacial score (nSPS) is 13.7. The van der Waals surface area contributed by atoms with Crippen molar-refractivity contribution in [3.8, 4) is 0 Å². The van der Waals surface area contributed by atoms with Gasteiger partial charge in [-0.3, -0.25) is 19.3 Å². The molecule has 0 saturated carbocycles. The van der Waals surface area contributed by atoms with Gasteiger partial charge in [0.05, 0.1) is 29.1 Å². The molecule has 0 radical (unpaired) electrons. The van der Waals surface area contributed by atoms with E-state index in [1.165, 1.54) is 11.8 Å². The van der Waals surface area contributed by atoms with Crippen LogP contribution in [0.3, 0.4) is 0 Å². The third kappa shape index (κ3) is 5.38. The van der Waals surface area contributed by atoms with Gasteiger partial charge in [0, 0.05) is 23.9 Å². The molecule has 200 valence electrons. The Bertz CT molecular complexity index is 1480. The van der Waals surface area contributed by atoms with Crippen molar-refractivity contribution in [3.05, 3.63) is 89.5 Å². The highest BCUT2D eigenvalue weighted by Gasteiger charge is 2.36. The van der Waals surface area contributed by atoms with Crippen molar-refractivity contribution in [3.63, 3.8) is 0 Å². The van der Waals surface area contributed by atoms with Crippen LogP contribution >= 0.6 is 0 Å². The highest BCUT2D eigenvalue weighted by molar-refractivity contribution is 6.37. The Labute approximate surface area is 226 Å². The predicted octanol–water partition coefficient (Wildman–Crippen LogP) is 4.41. The monoisotopic (exact) mass is 526 g/mol. The maximum atomic E-state index is 13.2. The molecular formula is C30H30N4O5. The molecule has 0 aliphatic carbocycles. The molecule has 0 spiro atoms. The first-order valence-electron chi connectivity index (χ1n) is 12.4. The number of hydrogen-bond donors (Lipinski definition) is 3. The van der Waals surface area contributed by atoms with Gasteiger partial charge in [0.1, 0.15) is 5.54 Å². The van der Waals surface area contributed by atoms with Gasteiger partial charge >= 0.3 is 5.97 Å². The van der Waals surface area contributed by atoms with E-state index in [1.807, 2.05) is 30.3 Å². The molecule has 1 aliphatic rings. The highest BCUT2D eigenvalue weighted by atomic mass is 16.5. The van der Waals surface area contributed by atoms with E-state index in [2.05, 4.69) is 10.6 Å². The molecular weight excluding hydrogens is 496 g/mol. The zero-order valence-corrected chi connectivity index (χ0v) is 22.2. The van der Waals surface area contributed by atoms with Crippen LogP contribution in [0.5, 0.6) is 0 Å². The van der Waals surface area contributed by atoms with Gasteiger partial charge in [-0.2, -0.15) is 0 Å². The van der Waals surface area contributed by atoms with Gasteiger partial charge in [0.25, 0.3) is 5.91 Å². The molecule has 0 saturated heterocycles. The highest BCUT2D eigenvalue weighted by Crippen LogP contribution is 2.38. The van der Waals surface area contributed by atoms with Crippen LogP contribution in [0, 0.1) is 0 Å². The molecule has 4 rings (SSSR count). The maximum Gasteiger partial charge on any atom is 0.338 e. The second-order valence-electron chi connectivity index (χ2n) is 9.50. The molecule has 4 N–H and O–H groups in total. The smallest absolute Gasteiger partial charge is 0.338 e. The Morgan fingerprint density at radius 1 is 0.974 bits per heavy atom. The molecule has 3 amide bonds. The minimum atomic E-state index is -1.23. The Morgan fingerprint density at radius 2 is 1.64 bits per heavy atom. The first-order valence-corrected chi connectivity index (χ1v) is 12.4. The van der Waals surface area contributed by atoms with Gasteiger partial charge in [0.2, 0.25) is 11.8 Å². The number of amides is 3. The lowest BCUT2D eigenvalue weighted by molar-refractivity contribution is -0.126. The molecule has 1 heterocycles. The van der Waals surface area contributed by atoms with E-state index < -0.39 is 17.4 Å². The van der Waals surface area contributed by atoms with E-state index in [0.717, 1.165) is 5.56 Å².